The van der Waals surface area contributed by atoms with Crippen LogP contribution in [0.3, 0.4) is 0 Å². The average Bonchev–Trinajstić information content (AvgIpc) is 3.25. The lowest BCUT2D eigenvalue weighted by molar-refractivity contribution is -0.129. The highest BCUT2D eigenvalue weighted by Gasteiger charge is 2.26. The number of nitrogens with zero attached hydrogens (tertiary/aromatic N) is 3. The number of thioether (sulfide) groups is 1. The first kappa shape index (κ1) is 19.7. The number of carbonyl (C=O) groups excluding carboxylic acids is 1. The zero-order valence-corrected chi connectivity index (χ0v) is 17.8. The van der Waals surface area contributed by atoms with E-state index in [0.29, 0.717) is 16.1 Å². The number of aromatic nitrogens is 2. The van der Waals surface area contributed by atoms with Crippen molar-refractivity contribution in [3.05, 3.63) is 63.9 Å². The summed E-state index contributed by atoms with van der Waals surface area (Å²) in [6.45, 7) is 7.62. The Morgan fingerprint density at radius 2 is 1.79 bits per heavy atom. The summed E-state index contributed by atoms with van der Waals surface area (Å²) in [7, 11) is 0. The second kappa shape index (κ2) is 8.03. The maximum atomic E-state index is 13.4. The van der Waals surface area contributed by atoms with Crippen LogP contribution >= 0.6 is 11.8 Å². The zero-order valence-electron chi connectivity index (χ0n) is 17.0. The van der Waals surface area contributed by atoms with E-state index in [4.69, 9.17) is 4.98 Å². The Kier molecular flexibility index (Phi) is 5.46. The topological polar surface area (TPSA) is 55.2 Å². The highest BCUT2D eigenvalue weighted by molar-refractivity contribution is 8.00. The fourth-order valence-electron chi connectivity index (χ4n) is 3.69. The van der Waals surface area contributed by atoms with E-state index in [1.807, 2.05) is 62.1 Å². The van der Waals surface area contributed by atoms with Gasteiger partial charge in [-0.05, 0) is 69.0 Å². The SMILES string of the molecule is Cc1ccc(-n2c(S[C@H](C)C(=O)N3CCCC3)nc3ccccc3c2=O)cc1C. The monoisotopic (exact) mass is 407 g/mol. The molecule has 4 rings (SSSR count). The normalized spacial score (nSPS) is 15.1. The van der Waals surface area contributed by atoms with E-state index < -0.39 is 0 Å². The Hall–Kier alpha value is -2.60. The van der Waals surface area contributed by atoms with E-state index in [1.54, 1.807) is 10.6 Å². The van der Waals surface area contributed by atoms with Gasteiger partial charge >= 0.3 is 0 Å². The molecule has 1 atom stereocenters. The summed E-state index contributed by atoms with van der Waals surface area (Å²) in [4.78, 5) is 32.9. The third kappa shape index (κ3) is 3.81. The van der Waals surface area contributed by atoms with Crippen molar-refractivity contribution in [3.8, 4) is 5.69 Å². The molecule has 0 radical (unpaired) electrons. The van der Waals surface area contributed by atoms with Gasteiger partial charge in [0.15, 0.2) is 5.16 Å². The summed E-state index contributed by atoms with van der Waals surface area (Å²) in [5.41, 5.74) is 3.60. The number of fused-ring (bicyclic) bond motifs is 1. The fourth-order valence-corrected chi connectivity index (χ4v) is 4.70. The van der Waals surface area contributed by atoms with Crippen molar-refractivity contribution in [2.75, 3.05) is 13.1 Å². The molecule has 1 amide bonds. The van der Waals surface area contributed by atoms with Crippen LogP contribution in [0.1, 0.15) is 30.9 Å². The summed E-state index contributed by atoms with van der Waals surface area (Å²) in [5.74, 6) is 0.113. The molecule has 1 fully saturated rings. The van der Waals surface area contributed by atoms with Crippen LogP contribution in [0.15, 0.2) is 52.4 Å². The number of likely N-dealkylation sites (tertiary alicyclic amines) is 1. The van der Waals surface area contributed by atoms with Crippen LogP contribution in [-0.2, 0) is 4.79 Å². The van der Waals surface area contributed by atoms with Gasteiger partial charge in [-0.3, -0.25) is 14.2 Å². The summed E-state index contributed by atoms with van der Waals surface area (Å²) >= 11 is 1.36. The standard InChI is InChI=1S/C23H25N3O2S/c1-15-10-11-18(14-16(15)2)26-22(28)19-8-4-5-9-20(19)24-23(26)29-17(3)21(27)25-12-6-7-13-25/h4-5,8-11,14,17H,6-7,12-13H2,1-3H3/t17-/m1/s1. The number of benzene rings is 2. The van der Waals surface area contributed by atoms with E-state index >= 15 is 0 Å². The van der Waals surface area contributed by atoms with Crippen molar-refractivity contribution in [2.24, 2.45) is 0 Å². The van der Waals surface area contributed by atoms with Crippen molar-refractivity contribution in [1.82, 2.24) is 14.5 Å². The van der Waals surface area contributed by atoms with Gasteiger partial charge in [-0.2, -0.15) is 0 Å². The minimum atomic E-state index is -0.307. The van der Waals surface area contributed by atoms with Crippen molar-refractivity contribution in [1.29, 1.82) is 0 Å². The third-order valence-electron chi connectivity index (χ3n) is 5.54. The Morgan fingerprint density at radius 3 is 2.52 bits per heavy atom. The second-order valence-electron chi connectivity index (χ2n) is 7.61. The zero-order chi connectivity index (χ0) is 20.5. The van der Waals surface area contributed by atoms with Crippen LogP contribution in [-0.4, -0.2) is 38.7 Å². The molecule has 1 aliphatic heterocycles. The van der Waals surface area contributed by atoms with Gasteiger partial charge in [-0.1, -0.05) is 30.0 Å². The van der Waals surface area contributed by atoms with Gasteiger partial charge in [-0.15, -0.1) is 0 Å². The first-order valence-electron chi connectivity index (χ1n) is 10.0. The van der Waals surface area contributed by atoms with Gasteiger partial charge in [0.05, 0.1) is 21.8 Å². The maximum absolute atomic E-state index is 13.4. The summed E-state index contributed by atoms with van der Waals surface area (Å²) in [6, 6.07) is 13.3. The number of hydrogen-bond donors (Lipinski definition) is 0. The molecule has 1 saturated heterocycles. The summed E-state index contributed by atoms with van der Waals surface area (Å²) in [6.07, 6.45) is 2.12. The number of aryl methyl sites for hydroxylation is 2. The van der Waals surface area contributed by atoms with Crippen LogP contribution < -0.4 is 5.56 Å². The quantitative estimate of drug-likeness (QED) is 0.483. The second-order valence-corrected chi connectivity index (χ2v) is 8.92. The van der Waals surface area contributed by atoms with Crippen molar-refractivity contribution in [3.63, 3.8) is 0 Å². The highest BCUT2D eigenvalue weighted by atomic mass is 32.2. The molecule has 0 spiro atoms. The largest absolute Gasteiger partial charge is 0.342 e. The molecule has 6 heteroatoms. The smallest absolute Gasteiger partial charge is 0.266 e. The average molecular weight is 408 g/mol. The molecular formula is C23H25N3O2S. The number of amides is 1. The van der Waals surface area contributed by atoms with Crippen LogP contribution in [0.4, 0.5) is 0 Å². The molecule has 3 aromatic rings. The van der Waals surface area contributed by atoms with Gasteiger partial charge in [-0.25, -0.2) is 4.98 Å². The van der Waals surface area contributed by atoms with Gasteiger partial charge < -0.3 is 4.90 Å². The summed E-state index contributed by atoms with van der Waals surface area (Å²) < 4.78 is 1.65. The molecule has 0 unspecified atom stereocenters. The van der Waals surface area contributed by atoms with Crippen molar-refractivity contribution < 1.29 is 4.79 Å². The Morgan fingerprint density at radius 1 is 1.07 bits per heavy atom. The Balaban J connectivity index is 1.82. The van der Waals surface area contributed by atoms with E-state index in [2.05, 4.69) is 0 Å². The molecule has 5 nitrogen and oxygen atoms in total. The van der Waals surface area contributed by atoms with Crippen LogP contribution in [0.25, 0.3) is 16.6 Å². The number of hydrogen-bond acceptors (Lipinski definition) is 4. The van der Waals surface area contributed by atoms with Crippen LogP contribution in [0.5, 0.6) is 0 Å². The lowest BCUT2D eigenvalue weighted by Gasteiger charge is -2.21. The highest BCUT2D eigenvalue weighted by Crippen LogP contribution is 2.27. The molecule has 0 saturated carbocycles. The van der Waals surface area contributed by atoms with Crippen LogP contribution in [0, 0.1) is 13.8 Å². The summed E-state index contributed by atoms with van der Waals surface area (Å²) in [5, 5.41) is 0.824. The first-order valence-corrected chi connectivity index (χ1v) is 10.9. The number of carbonyl (C=O) groups is 1. The number of rotatable bonds is 4. The van der Waals surface area contributed by atoms with E-state index in [-0.39, 0.29) is 16.7 Å². The molecule has 0 aliphatic carbocycles. The molecule has 1 aliphatic rings. The maximum Gasteiger partial charge on any atom is 0.266 e. The van der Waals surface area contributed by atoms with E-state index in [0.717, 1.165) is 37.2 Å². The van der Waals surface area contributed by atoms with Gasteiger partial charge in [0.2, 0.25) is 5.91 Å². The fraction of sp³-hybridized carbons (Fsp3) is 0.348. The predicted molar refractivity (Wildman–Crippen MR) is 118 cm³/mol. The van der Waals surface area contributed by atoms with E-state index in [9.17, 15) is 9.59 Å². The predicted octanol–water partition coefficient (Wildman–Crippen LogP) is 4.11. The molecule has 0 N–H and O–H groups in total. The van der Waals surface area contributed by atoms with Crippen LogP contribution in [0.2, 0.25) is 0 Å². The lowest BCUT2D eigenvalue weighted by Crippen LogP contribution is -2.34. The molecule has 2 aromatic carbocycles. The lowest BCUT2D eigenvalue weighted by atomic mass is 10.1. The Bertz CT molecular complexity index is 1130. The first-order chi connectivity index (χ1) is 14.0. The van der Waals surface area contributed by atoms with E-state index in [1.165, 1.54) is 17.3 Å². The molecular weight excluding hydrogens is 382 g/mol. The van der Waals surface area contributed by atoms with Crippen molar-refractivity contribution in [2.45, 2.75) is 44.0 Å². The Labute approximate surface area is 174 Å². The van der Waals surface area contributed by atoms with Gasteiger partial charge in [0.1, 0.15) is 0 Å². The molecule has 0 bridgehead atoms. The molecule has 2 heterocycles. The minimum Gasteiger partial charge on any atom is -0.342 e. The number of para-hydroxylation sites is 1. The van der Waals surface area contributed by atoms with Crippen molar-refractivity contribution >= 4 is 28.6 Å². The minimum absolute atomic E-state index is 0.109. The third-order valence-corrected chi connectivity index (χ3v) is 6.58. The van der Waals surface area contributed by atoms with Gasteiger partial charge in [0, 0.05) is 13.1 Å². The van der Waals surface area contributed by atoms with Gasteiger partial charge in [0.25, 0.3) is 5.56 Å². The molecule has 150 valence electrons. The molecule has 1 aromatic heterocycles. The molecule has 29 heavy (non-hydrogen) atoms.